The minimum atomic E-state index is 0.535. The fourth-order valence-electron chi connectivity index (χ4n) is 3.55. The number of benzene rings is 1. The number of hydrogen-bond donors (Lipinski definition) is 0. The Balaban J connectivity index is 1.32. The second kappa shape index (κ2) is 8.25. The predicted molar refractivity (Wildman–Crippen MR) is 107 cm³/mol. The van der Waals surface area contributed by atoms with E-state index in [1.807, 2.05) is 18.7 Å². The number of aromatic nitrogens is 3. The Morgan fingerprint density at radius 3 is 2.78 bits per heavy atom. The predicted octanol–water partition coefficient (Wildman–Crippen LogP) is 3.93. The maximum absolute atomic E-state index is 6.01. The Hall–Kier alpha value is -2.82. The van der Waals surface area contributed by atoms with Crippen molar-refractivity contribution in [1.82, 2.24) is 14.5 Å². The van der Waals surface area contributed by atoms with Gasteiger partial charge in [-0.2, -0.15) is 0 Å². The Bertz CT molecular complexity index is 828. The second-order valence-corrected chi connectivity index (χ2v) is 7.34. The highest BCUT2D eigenvalue weighted by molar-refractivity contribution is 5.40. The number of pyridine rings is 1. The number of hydrogen-bond acceptors (Lipinski definition) is 4. The molecule has 0 spiro atoms. The first-order valence-corrected chi connectivity index (χ1v) is 9.61. The maximum atomic E-state index is 6.01. The van der Waals surface area contributed by atoms with Crippen LogP contribution in [0, 0.1) is 12.8 Å². The molecule has 1 aliphatic heterocycles. The van der Waals surface area contributed by atoms with Crippen LogP contribution in [0.5, 0.6) is 5.75 Å². The molecule has 1 fully saturated rings. The molecule has 140 valence electrons. The lowest BCUT2D eigenvalue weighted by atomic mass is 9.99. The normalized spacial score (nSPS) is 17.1. The molecule has 0 radical (unpaired) electrons. The zero-order valence-electron chi connectivity index (χ0n) is 15.8. The van der Waals surface area contributed by atoms with Crippen molar-refractivity contribution >= 4 is 5.82 Å². The van der Waals surface area contributed by atoms with Crippen LogP contribution in [0.3, 0.4) is 0 Å². The molecule has 27 heavy (non-hydrogen) atoms. The largest absolute Gasteiger partial charge is 0.493 e. The summed E-state index contributed by atoms with van der Waals surface area (Å²) in [5, 5.41) is 0. The summed E-state index contributed by atoms with van der Waals surface area (Å²) in [6.07, 6.45) is 9.96. The van der Waals surface area contributed by atoms with Crippen LogP contribution >= 0.6 is 0 Å². The van der Waals surface area contributed by atoms with Crippen molar-refractivity contribution in [2.24, 2.45) is 5.92 Å². The minimum Gasteiger partial charge on any atom is -0.493 e. The molecule has 1 aliphatic rings. The van der Waals surface area contributed by atoms with Gasteiger partial charge in [0.1, 0.15) is 11.6 Å². The molecule has 0 aliphatic carbocycles. The maximum Gasteiger partial charge on any atom is 0.128 e. The zero-order chi connectivity index (χ0) is 18.5. The van der Waals surface area contributed by atoms with Crippen LogP contribution in [0.4, 0.5) is 5.82 Å². The molecule has 4 rings (SSSR count). The molecule has 0 saturated carbocycles. The quantitative estimate of drug-likeness (QED) is 0.666. The smallest absolute Gasteiger partial charge is 0.128 e. The van der Waals surface area contributed by atoms with E-state index in [1.54, 1.807) is 6.20 Å². The van der Waals surface area contributed by atoms with Gasteiger partial charge in [0.15, 0.2) is 0 Å². The summed E-state index contributed by atoms with van der Waals surface area (Å²) < 4.78 is 8.06. The molecule has 1 aromatic carbocycles. The van der Waals surface area contributed by atoms with Gasteiger partial charge < -0.3 is 14.2 Å². The summed E-state index contributed by atoms with van der Waals surface area (Å²) in [4.78, 5) is 11.2. The number of nitrogens with zero attached hydrogens (tertiary/aromatic N) is 4. The number of rotatable bonds is 6. The van der Waals surface area contributed by atoms with E-state index in [1.165, 1.54) is 24.0 Å². The molecule has 5 nitrogen and oxygen atoms in total. The molecule has 0 amide bonds. The van der Waals surface area contributed by atoms with E-state index in [-0.39, 0.29) is 0 Å². The Morgan fingerprint density at radius 2 is 2.04 bits per heavy atom. The fourth-order valence-corrected chi connectivity index (χ4v) is 3.55. The van der Waals surface area contributed by atoms with Crippen molar-refractivity contribution in [3.8, 4) is 5.75 Å². The molecular formula is C22H26N4O. The van der Waals surface area contributed by atoms with Gasteiger partial charge in [0.25, 0.3) is 0 Å². The number of imidazole rings is 1. The first kappa shape index (κ1) is 17.6. The molecule has 5 heteroatoms. The fraction of sp³-hybridized carbons (Fsp3) is 0.364. The van der Waals surface area contributed by atoms with Crippen LogP contribution in [-0.2, 0) is 6.54 Å². The Labute approximate surface area is 160 Å². The van der Waals surface area contributed by atoms with Gasteiger partial charge in [0, 0.05) is 44.1 Å². The number of anilines is 1. The van der Waals surface area contributed by atoms with Crippen molar-refractivity contribution < 1.29 is 4.74 Å². The summed E-state index contributed by atoms with van der Waals surface area (Å²) in [5.41, 5.74) is 2.45. The molecule has 1 saturated heterocycles. The van der Waals surface area contributed by atoms with Crippen LogP contribution in [-0.4, -0.2) is 34.2 Å². The van der Waals surface area contributed by atoms with Crippen molar-refractivity contribution in [3.63, 3.8) is 0 Å². The van der Waals surface area contributed by atoms with Gasteiger partial charge in [-0.05, 0) is 43.5 Å². The van der Waals surface area contributed by atoms with E-state index < -0.39 is 0 Å². The number of aryl methyl sites for hydroxylation is 1. The molecule has 0 bridgehead atoms. The van der Waals surface area contributed by atoms with Crippen LogP contribution in [0.15, 0.2) is 61.3 Å². The Morgan fingerprint density at radius 1 is 1.15 bits per heavy atom. The highest BCUT2D eigenvalue weighted by Crippen LogP contribution is 2.23. The topological polar surface area (TPSA) is 43.2 Å². The van der Waals surface area contributed by atoms with Gasteiger partial charge in [-0.25, -0.2) is 9.97 Å². The van der Waals surface area contributed by atoms with Gasteiger partial charge in [0.2, 0.25) is 0 Å². The third kappa shape index (κ3) is 4.67. The van der Waals surface area contributed by atoms with Gasteiger partial charge in [-0.1, -0.05) is 23.8 Å². The zero-order valence-corrected chi connectivity index (χ0v) is 15.8. The molecule has 1 atom stereocenters. The summed E-state index contributed by atoms with van der Waals surface area (Å²) in [6.45, 7) is 5.73. The van der Waals surface area contributed by atoms with Gasteiger partial charge >= 0.3 is 0 Å². The number of piperidine rings is 1. The van der Waals surface area contributed by atoms with Crippen LogP contribution in [0.1, 0.15) is 24.0 Å². The molecule has 0 unspecified atom stereocenters. The van der Waals surface area contributed by atoms with E-state index in [0.717, 1.165) is 37.8 Å². The van der Waals surface area contributed by atoms with E-state index in [0.29, 0.717) is 5.92 Å². The molecule has 2 aromatic heterocycles. The first-order valence-electron chi connectivity index (χ1n) is 9.61. The summed E-state index contributed by atoms with van der Waals surface area (Å²) in [7, 11) is 0. The lowest BCUT2D eigenvalue weighted by Crippen LogP contribution is -2.38. The van der Waals surface area contributed by atoms with Crippen LogP contribution in [0.25, 0.3) is 0 Å². The van der Waals surface area contributed by atoms with Crippen molar-refractivity contribution in [2.45, 2.75) is 26.3 Å². The molecule has 0 N–H and O–H groups in total. The third-order valence-electron chi connectivity index (χ3n) is 5.08. The summed E-state index contributed by atoms with van der Waals surface area (Å²) in [5.74, 6) is 2.55. The second-order valence-electron chi connectivity index (χ2n) is 7.34. The van der Waals surface area contributed by atoms with Crippen LogP contribution < -0.4 is 9.64 Å². The van der Waals surface area contributed by atoms with Gasteiger partial charge in [-0.3, -0.25) is 0 Å². The van der Waals surface area contributed by atoms with E-state index in [2.05, 4.69) is 57.8 Å². The lowest BCUT2D eigenvalue weighted by Gasteiger charge is -2.33. The standard InChI is InChI=1S/C22H26N4O/c1-18-4-7-21(8-5-18)27-16-20-3-2-11-26(15-20)22-9-6-19(13-24-22)14-25-12-10-23-17-25/h4-10,12-13,17,20H,2-3,11,14-16H2,1H3/t20-/m1/s1. The van der Waals surface area contributed by atoms with E-state index in [4.69, 9.17) is 9.72 Å². The van der Waals surface area contributed by atoms with E-state index >= 15 is 0 Å². The Kier molecular flexibility index (Phi) is 5.37. The third-order valence-corrected chi connectivity index (χ3v) is 5.08. The molecule has 3 aromatic rings. The van der Waals surface area contributed by atoms with Crippen molar-refractivity contribution in [3.05, 3.63) is 72.4 Å². The highest BCUT2D eigenvalue weighted by Gasteiger charge is 2.21. The monoisotopic (exact) mass is 362 g/mol. The van der Waals surface area contributed by atoms with Crippen molar-refractivity contribution in [1.29, 1.82) is 0 Å². The first-order chi connectivity index (χ1) is 13.3. The minimum absolute atomic E-state index is 0.535. The number of ether oxygens (including phenoxy) is 1. The summed E-state index contributed by atoms with van der Waals surface area (Å²) in [6, 6.07) is 12.6. The van der Waals surface area contributed by atoms with Gasteiger partial charge in [-0.15, -0.1) is 0 Å². The average Bonchev–Trinajstić information content (AvgIpc) is 3.21. The van der Waals surface area contributed by atoms with Gasteiger partial charge in [0.05, 0.1) is 12.9 Å². The highest BCUT2D eigenvalue weighted by atomic mass is 16.5. The molecule has 3 heterocycles. The van der Waals surface area contributed by atoms with Crippen LogP contribution in [0.2, 0.25) is 0 Å². The average molecular weight is 362 g/mol. The van der Waals surface area contributed by atoms with E-state index in [9.17, 15) is 0 Å². The SMILES string of the molecule is Cc1ccc(OC[C@@H]2CCCN(c3ccc(Cn4ccnc4)cn3)C2)cc1. The van der Waals surface area contributed by atoms with Crippen molar-refractivity contribution in [2.75, 3.05) is 24.6 Å². The lowest BCUT2D eigenvalue weighted by molar-refractivity contribution is 0.228. The summed E-state index contributed by atoms with van der Waals surface area (Å²) >= 11 is 0. The molecular weight excluding hydrogens is 336 g/mol.